The average molecular weight is 445 g/mol. The third-order valence-corrected chi connectivity index (χ3v) is 8.48. The summed E-state index contributed by atoms with van der Waals surface area (Å²) in [5.41, 5.74) is 3.73. The van der Waals surface area contributed by atoms with Crippen LogP contribution in [0.5, 0.6) is 0 Å². The molecule has 8 heteroatoms. The minimum Gasteiger partial charge on any atom is -0.207 e. The first-order chi connectivity index (χ1) is 14.0. The zero-order chi connectivity index (χ0) is 22.1. The van der Waals surface area contributed by atoms with Gasteiger partial charge in [-0.15, -0.1) is 0 Å². The van der Waals surface area contributed by atoms with Gasteiger partial charge in [0.15, 0.2) is 0 Å². The summed E-state index contributed by atoms with van der Waals surface area (Å²) < 4.78 is 51.1. The van der Waals surface area contributed by atoms with Crippen molar-refractivity contribution in [3.8, 4) is 22.3 Å². The number of hydrogen-bond donors (Lipinski definition) is 0. The van der Waals surface area contributed by atoms with Crippen LogP contribution in [0.3, 0.4) is 0 Å². The molecular weight excluding hydrogens is 420 g/mol. The summed E-state index contributed by atoms with van der Waals surface area (Å²) in [6, 6.07) is 21.3. The fourth-order valence-corrected chi connectivity index (χ4v) is 4.72. The zero-order valence-corrected chi connectivity index (χ0v) is 18.9. The van der Waals surface area contributed by atoms with Crippen molar-refractivity contribution in [3.05, 3.63) is 72.8 Å². The van der Waals surface area contributed by atoms with Crippen molar-refractivity contribution >= 4 is 20.0 Å². The Kier molecular flexibility index (Phi) is 6.14. The Morgan fingerprint density at radius 3 is 0.833 bits per heavy atom. The standard InChI is InChI=1S/C22H24N2O4S2/c1-23(2)29(25,26)21-13-9-19(10-14-21)17-5-7-18(8-6-17)20-11-15-22(16-12-20)30(27,28)24(3)4/h5-16H,1-4H3. The van der Waals surface area contributed by atoms with Gasteiger partial charge >= 0.3 is 0 Å². The van der Waals surface area contributed by atoms with Gasteiger partial charge in [0, 0.05) is 28.2 Å². The van der Waals surface area contributed by atoms with E-state index >= 15 is 0 Å². The molecule has 3 rings (SSSR count). The van der Waals surface area contributed by atoms with Gasteiger partial charge < -0.3 is 0 Å². The maximum Gasteiger partial charge on any atom is 0.242 e. The molecule has 0 aliphatic carbocycles. The van der Waals surface area contributed by atoms with Crippen LogP contribution in [0.1, 0.15) is 0 Å². The van der Waals surface area contributed by atoms with Gasteiger partial charge in [-0.25, -0.2) is 25.4 Å². The van der Waals surface area contributed by atoms with Crippen molar-refractivity contribution in [1.82, 2.24) is 8.61 Å². The monoisotopic (exact) mass is 444 g/mol. The molecule has 0 saturated carbocycles. The maximum atomic E-state index is 12.2. The number of benzene rings is 3. The molecule has 3 aromatic rings. The first-order valence-electron chi connectivity index (χ1n) is 9.19. The van der Waals surface area contributed by atoms with E-state index in [4.69, 9.17) is 0 Å². The van der Waals surface area contributed by atoms with Crippen molar-refractivity contribution < 1.29 is 16.8 Å². The first kappa shape index (κ1) is 22.2. The van der Waals surface area contributed by atoms with Crippen LogP contribution < -0.4 is 0 Å². The Morgan fingerprint density at radius 1 is 0.433 bits per heavy atom. The van der Waals surface area contributed by atoms with Gasteiger partial charge in [0.05, 0.1) is 9.79 Å². The SMILES string of the molecule is CN(C)S(=O)(=O)c1ccc(-c2ccc(-c3ccc(S(=O)(=O)N(C)C)cc3)cc2)cc1. The zero-order valence-electron chi connectivity index (χ0n) is 17.3. The Labute approximate surface area is 178 Å². The molecule has 0 radical (unpaired) electrons. The highest BCUT2D eigenvalue weighted by molar-refractivity contribution is 7.89. The normalized spacial score (nSPS) is 12.5. The topological polar surface area (TPSA) is 74.8 Å². The number of nitrogens with zero attached hydrogens (tertiary/aromatic N) is 2. The summed E-state index contributed by atoms with van der Waals surface area (Å²) in [6.45, 7) is 0. The Bertz CT molecular complexity index is 1130. The van der Waals surface area contributed by atoms with Crippen LogP contribution in [0.2, 0.25) is 0 Å². The fraction of sp³-hybridized carbons (Fsp3) is 0.182. The third kappa shape index (κ3) is 4.32. The minimum absolute atomic E-state index is 0.251. The second-order valence-corrected chi connectivity index (χ2v) is 11.5. The molecule has 0 saturated heterocycles. The highest BCUT2D eigenvalue weighted by Crippen LogP contribution is 2.27. The molecule has 6 nitrogen and oxygen atoms in total. The Balaban J connectivity index is 1.83. The largest absolute Gasteiger partial charge is 0.242 e. The van der Waals surface area contributed by atoms with E-state index in [0.29, 0.717) is 0 Å². The van der Waals surface area contributed by atoms with Gasteiger partial charge in [0.2, 0.25) is 20.0 Å². The van der Waals surface area contributed by atoms with Gasteiger partial charge in [-0.1, -0.05) is 48.5 Å². The second kappa shape index (κ2) is 8.31. The molecule has 0 bridgehead atoms. The summed E-state index contributed by atoms with van der Waals surface area (Å²) in [5, 5.41) is 0. The summed E-state index contributed by atoms with van der Waals surface area (Å²) in [6.07, 6.45) is 0. The Morgan fingerprint density at radius 2 is 0.633 bits per heavy atom. The third-order valence-electron chi connectivity index (χ3n) is 4.82. The molecule has 0 atom stereocenters. The molecule has 0 heterocycles. The fourth-order valence-electron chi connectivity index (χ4n) is 2.92. The van der Waals surface area contributed by atoms with Crippen LogP contribution in [0.25, 0.3) is 22.3 Å². The molecule has 30 heavy (non-hydrogen) atoms. The average Bonchev–Trinajstić information content (AvgIpc) is 2.74. The van der Waals surface area contributed by atoms with E-state index in [2.05, 4.69) is 0 Å². The molecule has 0 aromatic heterocycles. The lowest BCUT2D eigenvalue weighted by atomic mass is 10.0. The molecule has 0 fully saturated rings. The van der Waals surface area contributed by atoms with Crippen molar-refractivity contribution in [1.29, 1.82) is 0 Å². The molecular formula is C22H24N2O4S2. The summed E-state index contributed by atoms with van der Waals surface area (Å²) >= 11 is 0. The second-order valence-electron chi connectivity index (χ2n) is 7.20. The van der Waals surface area contributed by atoms with E-state index in [9.17, 15) is 16.8 Å². The van der Waals surface area contributed by atoms with Gasteiger partial charge in [-0.3, -0.25) is 0 Å². The minimum atomic E-state index is -3.45. The van der Waals surface area contributed by atoms with Gasteiger partial charge in [0.25, 0.3) is 0 Å². The van der Waals surface area contributed by atoms with Gasteiger partial charge in [-0.05, 0) is 46.5 Å². The highest BCUT2D eigenvalue weighted by Gasteiger charge is 2.17. The predicted molar refractivity (Wildman–Crippen MR) is 119 cm³/mol. The van der Waals surface area contributed by atoms with E-state index in [0.717, 1.165) is 22.3 Å². The molecule has 0 unspecified atom stereocenters. The van der Waals surface area contributed by atoms with Crippen LogP contribution in [-0.2, 0) is 20.0 Å². The summed E-state index contributed by atoms with van der Waals surface area (Å²) in [4.78, 5) is 0.501. The molecule has 0 N–H and O–H groups in total. The Hall–Kier alpha value is -2.52. The van der Waals surface area contributed by atoms with Gasteiger partial charge in [-0.2, -0.15) is 0 Å². The number of rotatable bonds is 6. The quantitative estimate of drug-likeness (QED) is 0.583. The van der Waals surface area contributed by atoms with Crippen molar-refractivity contribution in [2.45, 2.75) is 9.79 Å². The highest BCUT2D eigenvalue weighted by atomic mass is 32.2. The van der Waals surface area contributed by atoms with E-state index in [1.54, 1.807) is 48.5 Å². The van der Waals surface area contributed by atoms with Crippen LogP contribution in [0, 0.1) is 0 Å². The lowest BCUT2D eigenvalue weighted by molar-refractivity contribution is 0.519. The van der Waals surface area contributed by atoms with E-state index in [1.165, 1.54) is 36.8 Å². The summed E-state index contributed by atoms with van der Waals surface area (Å²) in [5.74, 6) is 0. The van der Waals surface area contributed by atoms with Crippen LogP contribution >= 0.6 is 0 Å². The van der Waals surface area contributed by atoms with Gasteiger partial charge in [0.1, 0.15) is 0 Å². The lowest BCUT2D eigenvalue weighted by Gasteiger charge is -2.12. The van der Waals surface area contributed by atoms with Crippen molar-refractivity contribution in [3.63, 3.8) is 0 Å². The smallest absolute Gasteiger partial charge is 0.207 e. The van der Waals surface area contributed by atoms with E-state index in [1.807, 2.05) is 24.3 Å². The molecule has 0 amide bonds. The van der Waals surface area contributed by atoms with Crippen molar-refractivity contribution in [2.24, 2.45) is 0 Å². The lowest BCUT2D eigenvalue weighted by Crippen LogP contribution is -2.22. The number of hydrogen-bond acceptors (Lipinski definition) is 4. The molecule has 0 spiro atoms. The van der Waals surface area contributed by atoms with E-state index < -0.39 is 20.0 Å². The van der Waals surface area contributed by atoms with Crippen molar-refractivity contribution in [2.75, 3.05) is 28.2 Å². The molecule has 158 valence electrons. The molecule has 3 aromatic carbocycles. The molecule has 0 aliphatic rings. The predicted octanol–water partition coefficient (Wildman–Crippen LogP) is 3.52. The van der Waals surface area contributed by atoms with E-state index in [-0.39, 0.29) is 9.79 Å². The first-order valence-corrected chi connectivity index (χ1v) is 12.1. The number of sulfonamides is 2. The maximum absolute atomic E-state index is 12.2. The van der Waals surface area contributed by atoms with Crippen LogP contribution in [0.4, 0.5) is 0 Å². The summed E-state index contributed by atoms with van der Waals surface area (Å²) in [7, 11) is -0.884. The van der Waals surface area contributed by atoms with Crippen LogP contribution in [-0.4, -0.2) is 53.6 Å². The van der Waals surface area contributed by atoms with Crippen LogP contribution in [0.15, 0.2) is 82.6 Å². The molecule has 0 aliphatic heterocycles.